The zero-order valence-corrected chi connectivity index (χ0v) is 14.6. The van der Waals surface area contributed by atoms with Crippen LogP contribution < -0.4 is 10.2 Å². The van der Waals surface area contributed by atoms with E-state index in [0.717, 1.165) is 5.69 Å². The lowest BCUT2D eigenvalue weighted by atomic mass is 9.95. The number of carbonyl (C=O) groups is 1. The van der Waals surface area contributed by atoms with Gasteiger partial charge in [-0.05, 0) is 43.2 Å². The number of hydrogen-bond acceptors (Lipinski definition) is 4. The average Bonchev–Trinajstić information content (AvgIpc) is 2.65. The Balaban J connectivity index is 1.56. The standard InChI is InChI=1S/C18H17ClFN3O3/c19-16-11-13(1-6-17(16)20)21-18(24)12-7-9-22(10-8-12)14-2-4-15(5-3-14)23(25)26/h1-6,11-12H,7-10H2,(H,21,24). The highest BCUT2D eigenvalue weighted by atomic mass is 35.5. The Labute approximate surface area is 154 Å². The van der Waals surface area contributed by atoms with Gasteiger partial charge in [0, 0.05) is 42.5 Å². The Kier molecular flexibility index (Phi) is 5.37. The van der Waals surface area contributed by atoms with Crippen molar-refractivity contribution in [3.8, 4) is 0 Å². The van der Waals surface area contributed by atoms with Crippen molar-refractivity contribution in [3.05, 3.63) is 63.4 Å². The molecule has 0 radical (unpaired) electrons. The summed E-state index contributed by atoms with van der Waals surface area (Å²) in [6, 6.07) is 10.5. The van der Waals surface area contributed by atoms with Gasteiger partial charge in [-0.3, -0.25) is 14.9 Å². The monoisotopic (exact) mass is 377 g/mol. The number of benzene rings is 2. The van der Waals surface area contributed by atoms with Crippen molar-refractivity contribution in [1.29, 1.82) is 0 Å². The zero-order valence-electron chi connectivity index (χ0n) is 13.8. The molecule has 1 N–H and O–H groups in total. The quantitative estimate of drug-likeness (QED) is 0.638. The summed E-state index contributed by atoms with van der Waals surface area (Å²) in [4.78, 5) is 24.8. The molecule has 0 spiro atoms. The molecule has 3 rings (SSSR count). The molecule has 8 heteroatoms. The maximum atomic E-state index is 13.2. The fourth-order valence-electron chi connectivity index (χ4n) is 3.00. The van der Waals surface area contributed by atoms with Crippen LogP contribution in [0.15, 0.2) is 42.5 Å². The van der Waals surface area contributed by atoms with E-state index < -0.39 is 10.7 Å². The fourth-order valence-corrected chi connectivity index (χ4v) is 3.18. The number of rotatable bonds is 4. The van der Waals surface area contributed by atoms with E-state index in [9.17, 15) is 19.3 Å². The molecule has 1 aliphatic rings. The van der Waals surface area contributed by atoms with Gasteiger partial charge in [-0.1, -0.05) is 11.6 Å². The van der Waals surface area contributed by atoms with E-state index in [2.05, 4.69) is 10.2 Å². The van der Waals surface area contributed by atoms with Gasteiger partial charge in [-0.25, -0.2) is 4.39 Å². The molecule has 0 saturated carbocycles. The van der Waals surface area contributed by atoms with Gasteiger partial charge in [0.2, 0.25) is 5.91 Å². The van der Waals surface area contributed by atoms with Crippen molar-refractivity contribution in [3.63, 3.8) is 0 Å². The molecule has 0 unspecified atom stereocenters. The number of nitro benzene ring substituents is 1. The third-order valence-corrected chi connectivity index (χ3v) is 4.77. The van der Waals surface area contributed by atoms with Crippen LogP contribution in [0.1, 0.15) is 12.8 Å². The Morgan fingerprint density at radius 1 is 1.19 bits per heavy atom. The van der Waals surface area contributed by atoms with Gasteiger partial charge < -0.3 is 10.2 Å². The van der Waals surface area contributed by atoms with Crippen LogP contribution in [-0.4, -0.2) is 23.9 Å². The Bertz CT molecular complexity index is 821. The topological polar surface area (TPSA) is 75.5 Å². The summed E-state index contributed by atoms with van der Waals surface area (Å²) >= 11 is 5.73. The lowest BCUT2D eigenvalue weighted by molar-refractivity contribution is -0.384. The number of hydrogen-bond donors (Lipinski definition) is 1. The normalized spacial score (nSPS) is 14.9. The van der Waals surface area contributed by atoms with Crippen molar-refractivity contribution in [2.24, 2.45) is 5.92 Å². The highest BCUT2D eigenvalue weighted by Crippen LogP contribution is 2.26. The van der Waals surface area contributed by atoms with Gasteiger partial charge in [0.15, 0.2) is 0 Å². The first-order chi connectivity index (χ1) is 12.4. The van der Waals surface area contributed by atoms with Gasteiger partial charge in [0.05, 0.1) is 9.95 Å². The van der Waals surface area contributed by atoms with Crippen LogP contribution in [-0.2, 0) is 4.79 Å². The number of anilines is 2. The minimum Gasteiger partial charge on any atom is -0.371 e. The number of amides is 1. The first kappa shape index (κ1) is 18.1. The Morgan fingerprint density at radius 2 is 1.85 bits per heavy atom. The van der Waals surface area contributed by atoms with Gasteiger partial charge in [0.25, 0.3) is 5.69 Å². The molecule has 6 nitrogen and oxygen atoms in total. The summed E-state index contributed by atoms with van der Waals surface area (Å²) in [6.07, 6.45) is 1.33. The number of nitrogens with zero attached hydrogens (tertiary/aromatic N) is 2. The summed E-state index contributed by atoms with van der Waals surface area (Å²) in [5.74, 6) is -0.787. The molecular formula is C18H17ClFN3O3. The first-order valence-corrected chi connectivity index (χ1v) is 8.57. The van der Waals surface area contributed by atoms with Crippen molar-refractivity contribution >= 4 is 34.6 Å². The minimum atomic E-state index is -0.527. The SMILES string of the molecule is O=C(Nc1ccc(F)c(Cl)c1)C1CCN(c2ccc([N+](=O)[O-])cc2)CC1. The maximum Gasteiger partial charge on any atom is 0.269 e. The van der Waals surface area contributed by atoms with Gasteiger partial charge in [0.1, 0.15) is 5.82 Å². The van der Waals surface area contributed by atoms with E-state index in [1.165, 1.54) is 30.3 Å². The van der Waals surface area contributed by atoms with Crippen LogP contribution in [0.5, 0.6) is 0 Å². The molecular weight excluding hydrogens is 361 g/mol. The molecule has 1 amide bonds. The van der Waals surface area contributed by atoms with Crippen LogP contribution in [0.2, 0.25) is 5.02 Å². The summed E-state index contributed by atoms with van der Waals surface area (Å²) in [5, 5.41) is 13.5. The van der Waals surface area contributed by atoms with Gasteiger partial charge in [-0.15, -0.1) is 0 Å². The lowest BCUT2D eigenvalue weighted by Gasteiger charge is -2.33. The average molecular weight is 378 g/mol. The van der Waals surface area contributed by atoms with Crippen LogP contribution in [0.3, 0.4) is 0 Å². The van der Waals surface area contributed by atoms with E-state index >= 15 is 0 Å². The molecule has 1 aliphatic heterocycles. The number of halogens is 2. The maximum absolute atomic E-state index is 13.2. The van der Waals surface area contributed by atoms with Crippen molar-refractivity contribution in [2.75, 3.05) is 23.3 Å². The molecule has 0 aromatic heterocycles. The highest BCUT2D eigenvalue weighted by molar-refractivity contribution is 6.31. The molecule has 136 valence electrons. The number of carbonyl (C=O) groups excluding carboxylic acids is 1. The Hall–Kier alpha value is -2.67. The van der Waals surface area contributed by atoms with Crippen molar-refractivity contribution in [2.45, 2.75) is 12.8 Å². The number of non-ortho nitro benzene ring substituents is 1. The predicted molar refractivity (Wildman–Crippen MR) is 98.1 cm³/mol. The molecule has 2 aromatic carbocycles. The van der Waals surface area contributed by atoms with E-state index in [1.807, 2.05) is 0 Å². The highest BCUT2D eigenvalue weighted by Gasteiger charge is 2.25. The molecule has 0 atom stereocenters. The van der Waals surface area contributed by atoms with Crippen LogP contribution in [0.25, 0.3) is 0 Å². The zero-order chi connectivity index (χ0) is 18.7. The second-order valence-corrected chi connectivity index (χ2v) is 6.56. The third kappa shape index (κ3) is 4.11. The summed E-state index contributed by atoms with van der Waals surface area (Å²) < 4.78 is 13.2. The second kappa shape index (κ2) is 7.70. The smallest absolute Gasteiger partial charge is 0.269 e. The number of piperidine rings is 1. The van der Waals surface area contributed by atoms with Crippen LogP contribution in [0, 0.1) is 21.8 Å². The summed E-state index contributed by atoms with van der Waals surface area (Å²) in [7, 11) is 0. The summed E-state index contributed by atoms with van der Waals surface area (Å²) in [6.45, 7) is 1.36. The fraction of sp³-hybridized carbons (Fsp3) is 0.278. The molecule has 1 fully saturated rings. The van der Waals surface area contributed by atoms with E-state index in [0.29, 0.717) is 31.6 Å². The predicted octanol–water partition coefficient (Wildman–Crippen LogP) is 4.24. The van der Waals surface area contributed by atoms with E-state index in [1.54, 1.807) is 12.1 Å². The first-order valence-electron chi connectivity index (χ1n) is 8.19. The van der Waals surface area contributed by atoms with E-state index in [-0.39, 0.29) is 22.5 Å². The molecule has 26 heavy (non-hydrogen) atoms. The lowest BCUT2D eigenvalue weighted by Crippen LogP contribution is -2.38. The second-order valence-electron chi connectivity index (χ2n) is 6.15. The van der Waals surface area contributed by atoms with Gasteiger partial charge in [-0.2, -0.15) is 0 Å². The van der Waals surface area contributed by atoms with E-state index in [4.69, 9.17) is 11.6 Å². The minimum absolute atomic E-state index is 0.0317. The molecule has 0 aliphatic carbocycles. The van der Waals surface area contributed by atoms with Crippen LogP contribution in [0.4, 0.5) is 21.5 Å². The molecule has 1 saturated heterocycles. The molecule has 2 aromatic rings. The van der Waals surface area contributed by atoms with Crippen molar-refractivity contribution < 1.29 is 14.1 Å². The summed E-state index contributed by atoms with van der Waals surface area (Å²) in [5.41, 5.74) is 1.43. The number of nitro groups is 1. The molecule has 1 heterocycles. The number of nitrogens with one attached hydrogen (secondary N) is 1. The van der Waals surface area contributed by atoms with Crippen molar-refractivity contribution in [1.82, 2.24) is 0 Å². The van der Waals surface area contributed by atoms with Crippen LogP contribution >= 0.6 is 11.6 Å². The molecule has 0 bridgehead atoms. The Morgan fingerprint density at radius 3 is 2.42 bits per heavy atom. The largest absolute Gasteiger partial charge is 0.371 e. The van der Waals surface area contributed by atoms with Gasteiger partial charge >= 0.3 is 0 Å². The third-order valence-electron chi connectivity index (χ3n) is 4.48.